The number of hydrogen-bond acceptors (Lipinski definition) is 4. The quantitative estimate of drug-likeness (QED) is 0.755. The topological polar surface area (TPSA) is 44.8 Å². The Hall–Kier alpha value is -1.60. The molecule has 1 saturated heterocycles. The lowest BCUT2D eigenvalue weighted by atomic mass is 10.1. The molecule has 1 N–H and O–H groups in total. The molecule has 3 rings (SSSR count). The number of amides is 2. The van der Waals surface area contributed by atoms with Gasteiger partial charge >= 0.3 is 6.03 Å². The number of nitrogens with one attached hydrogen (secondary N) is 1. The largest absolute Gasteiger partial charge is 0.377 e. The van der Waals surface area contributed by atoms with Crippen molar-refractivity contribution in [2.24, 2.45) is 0 Å². The van der Waals surface area contributed by atoms with E-state index in [-0.39, 0.29) is 6.03 Å². The van der Waals surface area contributed by atoms with Crippen molar-refractivity contribution in [2.45, 2.75) is 26.6 Å². The van der Waals surface area contributed by atoms with E-state index in [1.807, 2.05) is 42.2 Å². The molecule has 0 saturated carbocycles. The van der Waals surface area contributed by atoms with Crippen LogP contribution in [0, 0.1) is 0 Å². The third-order valence-corrected chi connectivity index (χ3v) is 5.89. The van der Waals surface area contributed by atoms with Crippen LogP contribution < -0.4 is 5.32 Å². The van der Waals surface area contributed by atoms with Gasteiger partial charge in [0.15, 0.2) is 0 Å². The number of carbonyl (C=O) groups excluding carboxylic acids is 1. The minimum absolute atomic E-state index is 0.0000287. The van der Waals surface area contributed by atoms with Crippen molar-refractivity contribution >= 4 is 29.0 Å². The number of thiophene rings is 1. The highest BCUT2D eigenvalue weighted by atomic mass is 35.5. The van der Waals surface area contributed by atoms with Gasteiger partial charge in [-0.2, -0.15) is 0 Å². The molecular weight excluding hydrogens is 382 g/mol. The number of nitrogens with zero attached hydrogens (tertiary/aromatic N) is 2. The molecule has 0 unspecified atom stereocenters. The van der Waals surface area contributed by atoms with Crippen LogP contribution in [0.25, 0.3) is 0 Å². The van der Waals surface area contributed by atoms with Gasteiger partial charge in [0, 0.05) is 50.8 Å². The van der Waals surface area contributed by atoms with Gasteiger partial charge < -0.3 is 15.0 Å². The summed E-state index contributed by atoms with van der Waals surface area (Å²) in [5.41, 5.74) is 2.23. The highest BCUT2D eigenvalue weighted by Crippen LogP contribution is 2.23. The van der Waals surface area contributed by atoms with Crippen LogP contribution in [0.5, 0.6) is 0 Å². The first-order valence-electron chi connectivity index (χ1n) is 9.29. The summed E-state index contributed by atoms with van der Waals surface area (Å²) in [5.74, 6) is 0. The molecule has 0 atom stereocenters. The summed E-state index contributed by atoms with van der Waals surface area (Å²) >= 11 is 7.62. The summed E-state index contributed by atoms with van der Waals surface area (Å²) in [4.78, 5) is 18.0. The molecule has 1 aliphatic heterocycles. The van der Waals surface area contributed by atoms with E-state index in [0.717, 1.165) is 48.2 Å². The SMILES string of the molecule is CCOCc1ccccc1CNC(=O)N1CCN(Cc2ccc(Cl)s2)CC1. The second-order valence-corrected chi connectivity index (χ2v) is 8.33. The predicted octanol–water partition coefficient (Wildman–Crippen LogP) is 3.97. The van der Waals surface area contributed by atoms with E-state index < -0.39 is 0 Å². The van der Waals surface area contributed by atoms with Gasteiger partial charge in [-0.3, -0.25) is 4.90 Å². The Morgan fingerprint density at radius 3 is 2.56 bits per heavy atom. The van der Waals surface area contributed by atoms with Gasteiger partial charge in [-0.15, -0.1) is 11.3 Å². The minimum Gasteiger partial charge on any atom is -0.377 e. The van der Waals surface area contributed by atoms with Crippen molar-refractivity contribution < 1.29 is 9.53 Å². The first kappa shape index (κ1) is 20.1. The average Bonchev–Trinajstić information content (AvgIpc) is 3.10. The van der Waals surface area contributed by atoms with Gasteiger partial charge in [0.05, 0.1) is 10.9 Å². The molecule has 0 aliphatic carbocycles. The van der Waals surface area contributed by atoms with Crippen molar-refractivity contribution in [1.29, 1.82) is 0 Å². The molecule has 0 radical (unpaired) electrons. The molecule has 5 nitrogen and oxygen atoms in total. The lowest BCUT2D eigenvalue weighted by Gasteiger charge is -2.34. The van der Waals surface area contributed by atoms with Crippen LogP contribution in [0.2, 0.25) is 4.34 Å². The third kappa shape index (κ3) is 5.94. The monoisotopic (exact) mass is 407 g/mol. The summed E-state index contributed by atoms with van der Waals surface area (Å²) in [6, 6.07) is 12.1. The number of hydrogen-bond donors (Lipinski definition) is 1. The molecule has 2 aromatic rings. The Labute approximate surface area is 169 Å². The zero-order valence-electron chi connectivity index (χ0n) is 15.6. The summed E-state index contributed by atoms with van der Waals surface area (Å²) < 4.78 is 6.34. The normalized spacial score (nSPS) is 15.1. The van der Waals surface area contributed by atoms with E-state index in [0.29, 0.717) is 19.8 Å². The van der Waals surface area contributed by atoms with E-state index in [1.165, 1.54) is 4.88 Å². The van der Waals surface area contributed by atoms with Gasteiger partial charge in [0.25, 0.3) is 0 Å². The van der Waals surface area contributed by atoms with E-state index in [4.69, 9.17) is 16.3 Å². The molecule has 7 heteroatoms. The highest BCUT2D eigenvalue weighted by molar-refractivity contribution is 7.16. The fourth-order valence-electron chi connectivity index (χ4n) is 3.13. The first-order chi connectivity index (χ1) is 13.2. The summed E-state index contributed by atoms with van der Waals surface area (Å²) in [5, 5.41) is 3.05. The molecule has 1 fully saturated rings. The molecule has 1 aromatic carbocycles. The summed E-state index contributed by atoms with van der Waals surface area (Å²) in [6.45, 7) is 7.91. The maximum Gasteiger partial charge on any atom is 0.317 e. The number of urea groups is 1. The Bertz CT molecular complexity index is 744. The second kappa shape index (κ2) is 10.1. The summed E-state index contributed by atoms with van der Waals surface area (Å²) in [7, 11) is 0. The van der Waals surface area contributed by atoms with E-state index in [9.17, 15) is 4.79 Å². The molecular formula is C20H26ClN3O2S. The highest BCUT2D eigenvalue weighted by Gasteiger charge is 2.21. The minimum atomic E-state index is 0.0000287. The molecule has 2 heterocycles. The van der Waals surface area contributed by atoms with Crippen LogP contribution in [-0.4, -0.2) is 48.6 Å². The average molecular weight is 408 g/mol. The zero-order chi connectivity index (χ0) is 19.1. The molecule has 1 aliphatic rings. The van der Waals surface area contributed by atoms with Crippen LogP contribution in [-0.2, 0) is 24.4 Å². The van der Waals surface area contributed by atoms with Crippen LogP contribution in [0.15, 0.2) is 36.4 Å². The Morgan fingerprint density at radius 2 is 1.89 bits per heavy atom. The van der Waals surface area contributed by atoms with Crippen molar-refractivity contribution in [3.8, 4) is 0 Å². The second-order valence-electron chi connectivity index (χ2n) is 6.53. The Kier molecular flexibility index (Phi) is 7.52. The van der Waals surface area contributed by atoms with Crippen LogP contribution >= 0.6 is 22.9 Å². The number of carbonyl (C=O) groups is 1. The number of halogens is 1. The van der Waals surface area contributed by atoms with Gasteiger partial charge in [-0.1, -0.05) is 35.9 Å². The fourth-order valence-corrected chi connectivity index (χ4v) is 4.26. The standard InChI is InChI=1S/C20H26ClN3O2S/c1-2-26-15-17-6-4-3-5-16(17)13-22-20(25)24-11-9-23(10-12-24)14-18-7-8-19(21)27-18/h3-8H,2,9-15H2,1H3,(H,22,25). The molecule has 1 aromatic heterocycles. The smallest absolute Gasteiger partial charge is 0.317 e. The van der Waals surface area contributed by atoms with Gasteiger partial charge in [0.2, 0.25) is 0 Å². The maximum absolute atomic E-state index is 12.5. The number of piperazine rings is 1. The van der Waals surface area contributed by atoms with Crippen LogP contribution in [0.3, 0.4) is 0 Å². The van der Waals surface area contributed by atoms with Crippen molar-refractivity contribution in [3.63, 3.8) is 0 Å². The van der Waals surface area contributed by atoms with E-state index in [2.05, 4.69) is 16.3 Å². The number of rotatable bonds is 7. The summed E-state index contributed by atoms with van der Waals surface area (Å²) in [6.07, 6.45) is 0. The predicted molar refractivity (Wildman–Crippen MR) is 110 cm³/mol. The molecule has 0 spiro atoms. The van der Waals surface area contributed by atoms with E-state index in [1.54, 1.807) is 11.3 Å². The van der Waals surface area contributed by atoms with Crippen molar-refractivity contribution in [2.75, 3.05) is 32.8 Å². The van der Waals surface area contributed by atoms with Gasteiger partial charge in [-0.25, -0.2) is 4.79 Å². The maximum atomic E-state index is 12.5. The van der Waals surface area contributed by atoms with Crippen molar-refractivity contribution in [3.05, 3.63) is 56.7 Å². The molecule has 27 heavy (non-hydrogen) atoms. The number of ether oxygens (including phenoxy) is 1. The van der Waals surface area contributed by atoms with E-state index >= 15 is 0 Å². The molecule has 146 valence electrons. The van der Waals surface area contributed by atoms with Crippen LogP contribution in [0.1, 0.15) is 22.9 Å². The van der Waals surface area contributed by atoms with Crippen LogP contribution in [0.4, 0.5) is 4.79 Å². The van der Waals surface area contributed by atoms with Crippen molar-refractivity contribution in [1.82, 2.24) is 15.1 Å². The Morgan fingerprint density at radius 1 is 1.15 bits per heavy atom. The first-order valence-corrected chi connectivity index (χ1v) is 10.5. The number of benzene rings is 1. The lowest BCUT2D eigenvalue weighted by Crippen LogP contribution is -2.51. The van der Waals surface area contributed by atoms with Gasteiger partial charge in [-0.05, 0) is 30.2 Å². The molecule has 0 bridgehead atoms. The fraction of sp³-hybridized carbons (Fsp3) is 0.450. The van der Waals surface area contributed by atoms with Gasteiger partial charge in [0.1, 0.15) is 0 Å². The Balaban J connectivity index is 1.44. The zero-order valence-corrected chi connectivity index (χ0v) is 17.2. The lowest BCUT2D eigenvalue weighted by molar-refractivity contribution is 0.132. The third-order valence-electron chi connectivity index (χ3n) is 4.68. The molecule has 2 amide bonds.